The maximum atomic E-state index is 15.4. The molecule has 0 bridgehead atoms. The van der Waals surface area contributed by atoms with E-state index >= 15 is 8.78 Å². The molecule has 12 nitrogen and oxygen atoms in total. The topological polar surface area (TPSA) is 130 Å². The largest absolute Gasteiger partial charge is 0.435 e. The summed E-state index contributed by atoms with van der Waals surface area (Å²) in [5.41, 5.74) is -1.45. The number of sulfonamides is 1. The van der Waals surface area contributed by atoms with Crippen molar-refractivity contribution in [3.05, 3.63) is 94.1 Å². The number of nitrogens with zero attached hydrogens (tertiary/aromatic N) is 7. The van der Waals surface area contributed by atoms with Gasteiger partial charge in [-0.25, -0.2) is 22.2 Å². The Morgan fingerprint density at radius 3 is 2.40 bits per heavy atom. The number of para-hydroxylation sites is 1. The predicted molar refractivity (Wildman–Crippen MR) is 206 cm³/mol. The first kappa shape index (κ1) is 41.2. The number of pyridine rings is 1. The monoisotopic (exact) mass is 857 g/mol. The number of piperazine rings is 1. The molecule has 3 aromatic heterocycles. The zero-order valence-electron chi connectivity index (χ0n) is 32.4. The first-order valence-electron chi connectivity index (χ1n) is 18.9. The van der Waals surface area contributed by atoms with E-state index in [0.29, 0.717) is 39.3 Å². The first-order chi connectivity index (χ1) is 28.3. The van der Waals surface area contributed by atoms with E-state index < -0.39 is 81.0 Å². The van der Waals surface area contributed by atoms with Gasteiger partial charge in [0.25, 0.3) is 5.92 Å². The van der Waals surface area contributed by atoms with Crippen LogP contribution in [0.1, 0.15) is 52.3 Å². The highest BCUT2D eigenvalue weighted by Gasteiger charge is 2.68. The average Bonchev–Trinajstić information content (AvgIpc) is 3.70. The molecule has 20 heteroatoms. The minimum absolute atomic E-state index is 0.0252. The van der Waals surface area contributed by atoms with Crippen LogP contribution in [0.3, 0.4) is 0 Å². The van der Waals surface area contributed by atoms with Crippen LogP contribution in [0.5, 0.6) is 0 Å². The molecule has 2 aliphatic carbocycles. The minimum atomic E-state index is -5.06. The summed E-state index contributed by atoms with van der Waals surface area (Å²) in [7, 11) is -0.159. The van der Waals surface area contributed by atoms with Crippen LogP contribution in [0.4, 0.5) is 36.6 Å². The molecule has 0 spiro atoms. The van der Waals surface area contributed by atoms with Crippen molar-refractivity contribution in [2.24, 2.45) is 13.0 Å². The zero-order chi connectivity index (χ0) is 42.9. The van der Waals surface area contributed by atoms with E-state index in [0.717, 1.165) is 44.6 Å². The molecule has 5 aromatic rings. The van der Waals surface area contributed by atoms with Gasteiger partial charge in [0.1, 0.15) is 29.6 Å². The highest BCUT2D eigenvalue weighted by Crippen LogP contribution is 2.68. The first-order valence-corrected chi connectivity index (χ1v) is 20.8. The second kappa shape index (κ2) is 15.2. The van der Waals surface area contributed by atoms with Gasteiger partial charge in [0, 0.05) is 67.3 Å². The van der Waals surface area contributed by atoms with E-state index in [1.165, 1.54) is 4.68 Å². The third-order valence-electron chi connectivity index (χ3n) is 11.0. The van der Waals surface area contributed by atoms with Crippen molar-refractivity contribution in [1.82, 2.24) is 39.7 Å². The number of aromatic nitrogens is 5. The van der Waals surface area contributed by atoms with Gasteiger partial charge in [-0.15, -0.1) is 0 Å². The summed E-state index contributed by atoms with van der Waals surface area (Å²) in [6, 6.07) is 9.67. The van der Waals surface area contributed by atoms with E-state index in [-0.39, 0.29) is 35.6 Å². The van der Waals surface area contributed by atoms with Gasteiger partial charge in [-0.3, -0.25) is 23.8 Å². The van der Waals surface area contributed by atoms with Crippen molar-refractivity contribution < 1.29 is 43.9 Å². The summed E-state index contributed by atoms with van der Waals surface area (Å²) in [4.78, 5) is 23.2. The van der Waals surface area contributed by atoms with E-state index in [1.54, 1.807) is 37.4 Å². The Labute approximate surface area is 339 Å². The van der Waals surface area contributed by atoms with Crippen LogP contribution in [0.25, 0.3) is 22.0 Å². The number of aryl methyl sites for hydroxylation is 1. The van der Waals surface area contributed by atoms with Gasteiger partial charge < -0.3 is 10.2 Å². The summed E-state index contributed by atoms with van der Waals surface area (Å²) in [5.74, 6) is -2.72. The molecule has 1 amide bonds. The number of nitrogens with one attached hydrogen (secondary N) is 2. The highest BCUT2D eigenvalue weighted by atomic mass is 32.2. The van der Waals surface area contributed by atoms with Crippen molar-refractivity contribution >= 4 is 32.7 Å². The summed E-state index contributed by atoms with van der Waals surface area (Å²) >= 11 is 0. The lowest BCUT2D eigenvalue weighted by Crippen LogP contribution is -2.44. The molecule has 1 aliphatic heterocycles. The third kappa shape index (κ3) is 8.17. The van der Waals surface area contributed by atoms with Crippen molar-refractivity contribution in [2.75, 3.05) is 50.7 Å². The smallest absolute Gasteiger partial charge is 0.346 e. The molecule has 0 unspecified atom stereocenters. The van der Waals surface area contributed by atoms with Crippen LogP contribution < -0.4 is 10.0 Å². The number of amides is 1. The molecular formula is C40H38F7N9O3S. The number of fused-ring (bicyclic) bond motifs is 4. The quantitative estimate of drug-likeness (QED) is 0.141. The fourth-order valence-corrected chi connectivity index (χ4v) is 8.74. The van der Waals surface area contributed by atoms with Crippen molar-refractivity contribution in [1.29, 1.82) is 0 Å². The van der Waals surface area contributed by atoms with Crippen LogP contribution in [0.2, 0.25) is 0 Å². The normalized spacial score (nSPS) is 19.4. The molecule has 1 saturated heterocycles. The number of hydrogen-bond acceptors (Lipinski definition) is 8. The summed E-state index contributed by atoms with van der Waals surface area (Å²) in [6.45, 7) is 2.69. The van der Waals surface area contributed by atoms with Gasteiger partial charge in [-0.2, -0.15) is 32.1 Å². The lowest BCUT2D eigenvalue weighted by atomic mass is 9.93. The van der Waals surface area contributed by atoms with Gasteiger partial charge >= 0.3 is 6.18 Å². The Kier molecular flexibility index (Phi) is 10.4. The van der Waals surface area contributed by atoms with Crippen molar-refractivity contribution in [3.8, 4) is 23.0 Å². The zero-order valence-corrected chi connectivity index (χ0v) is 33.2. The Bertz CT molecular complexity index is 2680. The number of carbonyl (C=O) groups excluding carboxylic acids is 1. The van der Waals surface area contributed by atoms with Crippen molar-refractivity contribution in [2.45, 2.75) is 43.4 Å². The van der Waals surface area contributed by atoms with E-state index in [1.807, 2.05) is 7.05 Å². The Morgan fingerprint density at radius 2 is 1.72 bits per heavy atom. The lowest BCUT2D eigenvalue weighted by Gasteiger charge is -2.30. The number of rotatable bonds is 10. The van der Waals surface area contributed by atoms with Crippen LogP contribution in [0, 0.1) is 29.4 Å². The maximum absolute atomic E-state index is 15.4. The van der Waals surface area contributed by atoms with Gasteiger partial charge in [0.05, 0.1) is 30.1 Å². The molecule has 3 atom stereocenters. The van der Waals surface area contributed by atoms with E-state index in [9.17, 15) is 35.2 Å². The molecule has 4 heterocycles. The molecule has 0 radical (unpaired) electrons. The van der Waals surface area contributed by atoms with Crippen LogP contribution in [-0.4, -0.2) is 94.7 Å². The predicted octanol–water partition coefficient (Wildman–Crippen LogP) is 5.41. The van der Waals surface area contributed by atoms with Crippen LogP contribution in [-0.2, 0) is 46.9 Å². The molecular weight excluding hydrogens is 820 g/mol. The van der Waals surface area contributed by atoms with Gasteiger partial charge in [0.15, 0.2) is 11.5 Å². The maximum Gasteiger partial charge on any atom is 0.435 e. The highest BCUT2D eigenvalue weighted by molar-refractivity contribution is 7.92. The second-order valence-corrected chi connectivity index (χ2v) is 17.2. The molecule has 316 valence electrons. The van der Waals surface area contributed by atoms with Gasteiger partial charge in [-0.1, -0.05) is 18.1 Å². The molecule has 8 rings (SSSR count). The van der Waals surface area contributed by atoms with Gasteiger partial charge in [0.2, 0.25) is 15.9 Å². The summed E-state index contributed by atoms with van der Waals surface area (Å²) in [6.07, 6.45) is -4.55. The van der Waals surface area contributed by atoms with Crippen molar-refractivity contribution in [3.63, 3.8) is 0 Å². The second-order valence-electron chi connectivity index (χ2n) is 15.5. The minimum Gasteiger partial charge on any atom is -0.346 e. The summed E-state index contributed by atoms with van der Waals surface area (Å²) in [5, 5.41) is 10.9. The number of carbonyl (C=O) groups is 1. The van der Waals surface area contributed by atoms with E-state index in [4.69, 9.17) is 4.98 Å². The molecule has 2 fully saturated rings. The number of anilines is 1. The molecule has 60 heavy (non-hydrogen) atoms. The standard InChI is InChI=1S/C40H38F7N9O3S/c1-53-12-14-55(15-13-53)11-5-6-25-9-10-26(27-7-4-8-28-35(27)54(2)51-38(28)52-60(3,58)59)34(48-25)31(18-22-16-23(41)19-24(42)17-22)49-32(57)21-56-37-33(36(50-56)40(45,46)47)29-20-30(29)39(37,43)44/h4,7-10,16-17,19,29-31H,11-15,18,20-21H2,1-3H3,(H,49,57)(H,51,52)/t29-,30+,31-/m0/s1. The molecule has 2 N–H and O–H groups in total. The SMILES string of the molecule is CN1CCN(CC#Cc2ccc(-c3cccc4c(NS(C)(=O)=O)nn(C)c34)c([C@H](Cc3cc(F)cc(F)c3)NC(=O)Cn3nc(C(F)(F)F)c4c3C(F)(F)[C@@H]3C[C@H]43)n2)CC1. The lowest BCUT2D eigenvalue weighted by molar-refractivity contribution is -0.142. The Hall–Kier alpha value is -5.52. The molecule has 2 aromatic carbocycles. The summed E-state index contributed by atoms with van der Waals surface area (Å²) < 4.78 is 131. The Morgan fingerprint density at radius 1 is 1.00 bits per heavy atom. The average molecular weight is 858 g/mol. The number of benzene rings is 2. The third-order valence-corrected chi connectivity index (χ3v) is 11.6. The van der Waals surface area contributed by atoms with Gasteiger partial charge in [-0.05, 0) is 67.6 Å². The fourth-order valence-electron chi connectivity index (χ4n) is 8.24. The number of hydrogen-bond donors (Lipinski definition) is 2. The fraction of sp³-hybridized carbons (Fsp3) is 0.400. The number of halogens is 7. The van der Waals surface area contributed by atoms with Crippen LogP contribution in [0.15, 0.2) is 48.5 Å². The number of likely N-dealkylation sites (N-methyl/N-ethyl adjacent to an activating group) is 1. The number of alkyl halides is 5. The van der Waals surface area contributed by atoms with E-state index in [2.05, 4.69) is 41.9 Å². The Balaban J connectivity index is 1.23. The van der Waals surface area contributed by atoms with Crippen LogP contribution >= 0.6 is 0 Å². The molecule has 1 saturated carbocycles. The molecule has 3 aliphatic rings.